The monoisotopic (exact) mass is 296 g/mol. The van der Waals surface area contributed by atoms with Crippen LogP contribution < -0.4 is 5.32 Å². The summed E-state index contributed by atoms with van der Waals surface area (Å²) < 4.78 is 5.33. The number of urea groups is 1. The van der Waals surface area contributed by atoms with Crippen molar-refractivity contribution in [3.05, 3.63) is 17.7 Å². The Morgan fingerprint density at radius 2 is 2.38 bits per heavy atom. The zero-order chi connectivity index (χ0) is 15.4. The molecule has 0 saturated carbocycles. The highest BCUT2D eigenvalue weighted by Crippen LogP contribution is 2.20. The van der Waals surface area contributed by atoms with Crippen LogP contribution in [0.1, 0.15) is 25.2 Å². The molecule has 1 atom stereocenters. The van der Waals surface area contributed by atoms with E-state index in [1.165, 1.54) is 11.2 Å². The Morgan fingerprint density at radius 1 is 1.62 bits per heavy atom. The lowest BCUT2D eigenvalue weighted by Crippen LogP contribution is -2.52. The SMILES string of the molecule is CC(C)OCCNC(=O)N1Cc2[nH]cnc2CC1C(=O)O. The van der Waals surface area contributed by atoms with Gasteiger partial charge in [0.2, 0.25) is 0 Å². The van der Waals surface area contributed by atoms with Gasteiger partial charge in [-0.3, -0.25) is 0 Å². The first-order valence-corrected chi connectivity index (χ1v) is 6.89. The Labute approximate surface area is 122 Å². The Bertz CT molecular complexity index is 514. The summed E-state index contributed by atoms with van der Waals surface area (Å²) in [6.07, 6.45) is 1.82. The van der Waals surface area contributed by atoms with E-state index in [1.807, 2.05) is 13.8 Å². The second kappa shape index (κ2) is 6.57. The van der Waals surface area contributed by atoms with Gasteiger partial charge < -0.3 is 25.0 Å². The van der Waals surface area contributed by atoms with E-state index in [0.29, 0.717) is 18.8 Å². The summed E-state index contributed by atoms with van der Waals surface area (Å²) in [5.41, 5.74) is 1.48. The smallest absolute Gasteiger partial charge is 0.326 e. The van der Waals surface area contributed by atoms with Crippen molar-refractivity contribution in [3.8, 4) is 0 Å². The minimum absolute atomic E-state index is 0.0937. The maximum atomic E-state index is 12.2. The number of ether oxygens (including phenoxy) is 1. The van der Waals surface area contributed by atoms with Crippen LogP contribution in [0, 0.1) is 0 Å². The number of nitrogens with zero attached hydrogens (tertiary/aromatic N) is 2. The number of hydrogen-bond donors (Lipinski definition) is 3. The number of aromatic nitrogens is 2. The van der Waals surface area contributed by atoms with Gasteiger partial charge in [0.15, 0.2) is 0 Å². The van der Waals surface area contributed by atoms with Crippen molar-refractivity contribution in [2.75, 3.05) is 13.2 Å². The molecule has 1 aromatic rings. The molecule has 2 heterocycles. The highest BCUT2D eigenvalue weighted by atomic mass is 16.5. The van der Waals surface area contributed by atoms with E-state index < -0.39 is 18.0 Å². The lowest BCUT2D eigenvalue weighted by molar-refractivity contribution is -0.142. The van der Waals surface area contributed by atoms with Crippen LogP contribution >= 0.6 is 0 Å². The molecule has 1 aliphatic heterocycles. The number of nitrogens with one attached hydrogen (secondary N) is 2. The number of H-pyrrole nitrogens is 1. The molecule has 3 N–H and O–H groups in total. The highest BCUT2D eigenvalue weighted by Gasteiger charge is 2.35. The average Bonchev–Trinajstić information content (AvgIpc) is 2.88. The molecule has 0 aliphatic carbocycles. The second-order valence-corrected chi connectivity index (χ2v) is 5.17. The van der Waals surface area contributed by atoms with Crippen LogP contribution in [0.3, 0.4) is 0 Å². The summed E-state index contributed by atoms with van der Waals surface area (Å²) in [6, 6.07) is -1.30. The van der Waals surface area contributed by atoms with Gasteiger partial charge in [0.1, 0.15) is 6.04 Å². The molecule has 1 unspecified atom stereocenters. The number of imidazole rings is 1. The van der Waals surface area contributed by atoms with Gasteiger partial charge in [-0.05, 0) is 13.8 Å². The lowest BCUT2D eigenvalue weighted by Gasteiger charge is -2.32. The number of amides is 2. The maximum Gasteiger partial charge on any atom is 0.326 e. The molecule has 2 amide bonds. The fourth-order valence-corrected chi connectivity index (χ4v) is 2.22. The van der Waals surface area contributed by atoms with Gasteiger partial charge in [-0.1, -0.05) is 0 Å². The maximum absolute atomic E-state index is 12.2. The third-order valence-electron chi connectivity index (χ3n) is 3.27. The summed E-state index contributed by atoms with van der Waals surface area (Å²) in [5.74, 6) is -1.03. The lowest BCUT2D eigenvalue weighted by atomic mass is 10.0. The van der Waals surface area contributed by atoms with E-state index in [2.05, 4.69) is 15.3 Å². The van der Waals surface area contributed by atoms with Crippen LogP contribution in [0.15, 0.2) is 6.33 Å². The first-order valence-electron chi connectivity index (χ1n) is 6.89. The molecule has 0 fully saturated rings. The molecule has 1 aromatic heterocycles. The van der Waals surface area contributed by atoms with Crippen LogP contribution in [0.5, 0.6) is 0 Å². The third-order valence-corrected chi connectivity index (χ3v) is 3.27. The number of aromatic amines is 1. The predicted molar refractivity (Wildman–Crippen MR) is 73.7 cm³/mol. The summed E-state index contributed by atoms with van der Waals surface area (Å²) in [6.45, 7) is 4.77. The number of carboxylic acids is 1. The molecule has 8 nitrogen and oxygen atoms in total. The molecule has 116 valence electrons. The Hall–Kier alpha value is -2.09. The van der Waals surface area contributed by atoms with Crippen molar-refractivity contribution in [1.82, 2.24) is 20.2 Å². The zero-order valence-corrected chi connectivity index (χ0v) is 12.1. The van der Waals surface area contributed by atoms with Crippen molar-refractivity contribution in [2.45, 2.75) is 39.0 Å². The number of carbonyl (C=O) groups excluding carboxylic acids is 1. The number of hydrogen-bond acceptors (Lipinski definition) is 4. The number of rotatable bonds is 5. The van der Waals surface area contributed by atoms with E-state index in [0.717, 1.165) is 5.69 Å². The van der Waals surface area contributed by atoms with Crippen LogP contribution in [-0.2, 0) is 22.5 Å². The number of carbonyl (C=O) groups is 2. The Morgan fingerprint density at radius 3 is 3.05 bits per heavy atom. The van der Waals surface area contributed by atoms with E-state index in [1.54, 1.807) is 0 Å². The molecule has 0 aromatic carbocycles. The number of fused-ring (bicyclic) bond motifs is 1. The number of carboxylic acid groups (broad SMARTS) is 1. The van der Waals surface area contributed by atoms with Gasteiger partial charge in [-0.15, -0.1) is 0 Å². The van der Waals surface area contributed by atoms with Gasteiger partial charge in [-0.25, -0.2) is 14.6 Å². The topological polar surface area (TPSA) is 108 Å². The van der Waals surface area contributed by atoms with Crippen LogP contribution in [0.25, 0.3) is 0 Å². The molecule has 0 spiro atoms. The highest BCUT2D eigenvalue weighted by molar-refractivity contribution is 5.83. The largest absolute Gasteiger partial charge is 0.480 e. The van der Waals surface area contributed by atoms with E-state index in [4.69, 9.17) is 4.74 Å². The van der Waals surface area contributed by atoms with Crippen molar-refractivity contribution in [2.24, 2.45) is 0 Å². The summed E-state index contributed by atoms with van der Waals surface area (Å²) in [5, 5.41) is 12.0. The molecule has 21 heavy (non-hydrogen) atoms. The van der Waals surface area contributed by atoms with E-state index in [-0.39, 0.29) is 19.1 Å². The molecular formula is C13H20N4O4. The zero-order valence-electron chi connectivity index (χ0n) is 12.1. The first kappa shape index (κ1) is 15.3. The average molecular weight is 296 g/mol. The molecule has 2 rings (SSSR count). The van der Waals surface area contributed by atoms with Gasteiger partial charge in [0, 0.05) is 13.0 Å². The molecule has 0 bridgehead atoms. The minimum atomic E-state index is -1.03. The van der Waals surface area contributed by atoms with Crippen molar-refractivity contribution >= 4 is 12.0 Å². The normalized spacial score (nSPS) is 17.7. The molecular weight excluding hydrogens is 276 g/mol. The quantitative estimate of drug-likeness (QED) is 0.680. The van der Waals surface area contributed by atoms with E-state index in [9.17, 15) is 14.7 Å². The van der Waals surface area contributed by atoms with Gasteiger partial charge in [0.25, 0.3) is 0 Å². The fraction of sp³-hybridized carbons (Fsp3) is 0.615. The standard InChI is InChI=1S/C13H20N4O4/c1-8(2)21-4-3-14-13(20)17-6-10-9(15-7-16-10)5-11(17)12(18)19/h7-8,11H,3-6H2,1-2H3,(H,14,20)(H,15,16)(H,18,19). The molecule has 0 radical (unpaired) electrons. The summed E-state index contributed by atoms with van der Waals surface area (Å²) in [7, 11) is 0. The Balaban J connectivity index is 1.96. The molecule has 1 aliphatic rings. The Kier molecular flexibility index (Phi) is 4.79. The summed E-state index contributed by atoms with van der Waals surface area (Å²) in [4.78, 5) is 31.8. The van der Waals surface area contributed by atoms with Crippen molar-refractivity contribution in [3.63, 3.8) is 0 Å². The van der Waals surface area contributed by atoms with Crippen LogP contribution in [-0.4, -0.2) is 57.3 Å². The fourth-order valence-electron chi connectivity index (χ4n) is 2.22. The van der Waals surface area contributed by atoms with Gasteiger partial charge in [-0.2, -0.15) is 0 Å². The predicted octanol–water partition coefficient (Wildman–Crippen LogP) is 0.356. The first-order chi connectivity index (χ1) is 9.99. The molecule has 8 heteroatoms. The third kappa shape index (κ3) is 3.72. The van der Waals surface area contributed by atoms with Crippen LogP contribution in [0.4, 0.5) is 4.79 Å². The molecule has 0 saturated heterocycles. The summed E-state index contributed by atoms with van der Waals surface area (Å²) >= 11 is 0. The van der Waals surface area contributed by atoms with Gasteiger partial charge in [0.05, 0.1) is 37.0 Å². The second-order valence-electron chi connectivity index (χ2n) is 5.17. The van der Waals surface area contributed by atoms with E-state index >= 15 is 0 Å². The number of aliphatic carboxylic acids is 1. The minimum Gasteiger partial charge on any atom is -0.480 e. The van der Waals surface area contributed by atoms with Crippen LogP contribution in [0.2, 0.25) is 0 Å². The van der Waals surface area contributed by atoms with Gasteiger partial charge >= 0.3 is 12.0 Å². The van der Waals surface area contributed by atoms with Crippen molar-refractivity contribution in [1.29, 1.82) is 0 Å². The van der Waals surface area contributed by atoms with Crippen molar-refractivity contribution < 1.29 is 19.4 Å².